The first-order valence-electron chi connectivity index (χ1n) is 18.1. The van der Waals surface area contributed by atoms with E-state index in [1.54, 1.807) is 0 Å². The van der Waals surface area contributed by atoms with E-state index in [0.717, 1.165) is 64.2 Å². The maximum Gasteiger partial charge on any atom is 0.249 e. The zero-order valence-electron chi connectivity index (χ0n) is 28.6. The highest BCUT2D eigenvalue weighted by Crippen LogP contribution is 2.23. The van der Waals surface area contributed by atoms with Crippen molar-refractivity contribution in [2.24, 2.45) is 0 Å². The number of aliphatic hydroxyl groups is 7. The molecule has 1 fully saturated rings. The SMILES string of the molecule is CCCCCC/C=C\CCCCCCCCC(O)C(=O)NC(COC1OC(CO)C(O)C(O)C1O)C(O)C(O)CCCCCCC. The molecule has 1 heterocycles. The molecule has 9 unspecified atom stereocenters. The van der Waals surface area contributed by atoms with Gasteiger partial charge in [0.2, 0.25) is 5.91 Å². The number of allylic oxidation sites excluding steroid dienone is 2. The van der Waals surface area contributed by atoms with E-state index in [-0.39, 0.29) is 6.42 Å². The molecule has 0 aromatic heterocycles. The minimum atomic E-state index is -1.66. The Morgan fingerprint density at radius 1 is 0.739 bits per heavy atom. The number of ether oxygens (including phenoxy) is 2. The Morgan fingerprint density at radius 3 is 1.85 bits per heavy atom. The lowest BCUT2D eigenvalue weighted by Crippen LogP contribution is -2.60. The average molecular weight is 662 g/mol. The summed E-state index contributed by atoms with van der Waals surface area (Å²) >= 11 is 0. The smallest absolute Gasteiger partial charge is 0.249 e. The van der Waals surface area contributed by atoms with E-state index in [4.69, 9.17) is 9.47 Å². The summed E-state index contributed by atoms with van der Waals surface area (Å²) in [6, 6.07) is -1.16. The molecule has 9 atom stereocenters. The minimum Gasteiger partial charge on any atom is -0.394 e. The van der Waals surface area contributed by atoms with Crippen LogP contribution in [0.4, 0.5) is 0 Å². The van der Waals surface area contributed by atoms with Crippen LogP contribution in [0.1, 0.15) is 136 Å². The second-order valence-corrected chi connectivity index (χ2v) is 12.9. The van der Waals surface area contributed by atoms with Crippen LogP contribution in [0.2, 0.25) is 0 Å². The van der Waals surface area contributed by atoms with Crippen molar-refractivity contribution in [3.63, 3.8) is 0 Å². The maximum atomic E-state index is 12.9. The van der Waals surface area contributed by atoms with Gasteiger partial charge in [-0.1, -0.05) is 109 Å². The van der Waals surface area contributed by atoms with Crippen LogP contribution in [0.15, 0.2) is 12.2 Å². The predicted molar refractivity (Wildman–Crippen MR) is 178 cm³/mol. The molecule has 0 aromatic rings. The fourth-order valence-corrected chi connectivity index (χ4v) is 5.67. The summed E-state index contributed by atoms with van der Waals surface area (Å²) in [5.74, 6) is -0.710. The highest BCUT2D eigenvalue weighted by atomic mass is 16.7. The van der Waals surface area contributed by atoms with Gasteiger partial charge in [0.25, 0.3) is 0 Å². The third kappa shape index (κ3) is 17.8. The molecule has 0 saturated carbocycles. The van der Waals surface area contributed by atoms with E-state index < -0.39 is 74.2 Å². The van der Waals surface area contributed by atoms with Crippen molar-refractivity contribution in [3.05, 3.63) is 12.2 Å². The van der Waals surface area contributed by atoms with Crippen molar-refractivity contribution in [2.45, 2.75) is 191 Å². The topological polar surface area (TPSA) is 189 Å². The van der Waals surface area contributed by atoms with E-state index in [1.807, 2.05) is 0 Å². The van der Waals surface area contributed by atoms with Crippen LogP contribution >= 0.6 is 0 Å². The number of aliphatic hydroxyl groups excluding tert-OH is 7. The lowest BCUT2D eigenvalue weighted by Gasteiger charge is -2.40. The Hall–Kier alpha value is -1.15. The molecule has 1 amide bonds. The first-order chi connectivity index (χ1) is 22.2. The fourth-order valence-electron chi connectivity index (χ4n) is 5.67. The molecular weight excluding hydrogens is 594 g/mol. The van der Waals surface area contributed by atoms with Crippen molar-refractivity contribution in [2.75, 3.05) is 13.2 Å². The molecule has 46 heavy (non-hydrogen) atoms. The number of carbonyl (C=O) groups excluding carboxylic acids is 1. The zero-order valence-corrected chi connectivity index (χ0v) is 28.6. The summed E-state index contributed by atoms with van der Waals surface area (Å²) in [6.07, 6.45) is 11.9. The van der Waals surface area contributed by atoms with E-state index in [2.05, 4.69) is 31.3 Å². The second-order valence-electron chi connectivity index (χ2n) is 12.9. The molecule has 8 N–H and O–H groups in total. The summed E-state index contributed by atoms with van der Waals surface area (Å²) in [5.41, 5.74) is 0. The van der Waals surface area contributed by atoms with Gasteiger partial charge in [-0.15, -0.1) is 0 Å². The van der Waals surface area contributed by atoms with Crippen molar-refractivity contribution in [3.8, 4) is 0 Å². The number of unbranched alkanes of at least 4 members (excludes halogenated alkanes) is 14. The lowest BCUT2D eigenvalue weighted by atomic mass is 9.98. The highest BCUT2D eigenvalue weighted by molar-refractivity contribution is 5.80. The van der Waals surface area contributed by atoms with Gasteiger partial charge in [0.15, 0.2) is 6.29 Å². The number of hydrogen-bond acceptors (Lipinski definition) is 10. The standard InChI is InChI=1S/C35H67NO10/c1-3-5-7-9-10-11-12-13-14-15-16-17-19-21-23-28(39)34(44)36-26(30(40)27(38)22-20-18-8-6-4-2)25-45-35-33(43)32(42)31(41)29(24-37)46-35/h11-12,26-33,35,37-43H,3-10,13-25H2,1-2H3,(H,36,44)/b12-11-. The molecular formula is C35H67NO10. The Bertz CT molecular complexity index is 770. The molecule has 0 bridgehead atoms. The summed E-state index contributed by atoms with van der Waals surface area (Å²) < 4.78 is 10.9. The monoisotopic (exact) mass is 661 g/mol. The Balaban J connectivity index is 2.53. The molecule has 1 rings (SSSR count). The molecule has 11 nitrogen and oxygen atoms in total. The normalized spacial score (nSPS) is 24.6. The summed E-state index contributed by atoms with van der Waals surface area (Å²) in [4.78, 5) is 12.9. The number of rotatable bonds is 28. The van der Waals surface area contributed by atoms with Crippen LogP contribution in [-0.2, 0) is 14.3 Å². The number of nitrogens with one attached hydrogen (secondary N) is 1. The van der Waals surface area contributed by atoms with Gasteiger partial charge in [0.05, 0.1) is 25.4 Å². The molecule has 0 spiro atoms. The van der Waals surface area contributed by atoms with Gasteiger partial charge in [-0.2, -0.15) is 0 Å². The molecule has 1 aliphatic rings. The zero-order chi connectivity index (χ0) is 34.2. The number of hydrogen-bond donors (Lipinski definition) is 8. The Kier molecular flexibility index (Phi) is 24.9. The minimum absolute atomic E-state index is 0.253. The fraction of sp³-hybridized carbons (Fsp3) is 0.914. The summed E-state index contributed by atoms with van der Waals surface area (Å²) in [7, 11) is 0. The van der Waals surface area contributed by atoms with Crippen molar-refractivity contribution in [1.29, 1.82) is 0 Å². The largest absolute Gasteiger partial charge is 0.394 e. The van der Waals surface area contributed by atoms with E-state index in [1.165, 1.54) is 32.1 Å². The van der Waals surface area contributed by atoms with Gasteiger partial charge in [-0.3, -0.25) is 4.79 Å². The quantitative estimate of drug-likeness (QED) is 0.0456. The highest BCUT2D eigenvalue weighted by Gasteiger charge is 2.44. The Labute approximate surface area is 277 Å². The number of carbonyl (C=O) groups is 1. The van der Waals surface area contributed by atoms with Crippen LogP contribution in [0, 0.1) is 0 Å². The third-order valence-electron chi connectivity index (χ3n) is 8.82. The van der Waals surface area contributed by atoms with Crippen molar-refractivity contribution in [1.82, 2.24) is 5.32 Å². The van der Waals surface area contributed by atoms with Gasteiger partial charge in [0.1, 0.15) is 36.6 Å². The molecule has 11 heteroatoms. The van der Waals surface area contributed by atoms with Crippen molar-refractivity contribution < 1.29 is 50.0 Å². The van der Waals surface area contributed by atoms with Gasteiger partial charge < -0.3 is 50.5 Å². The predicted octanol–water partition coefficient (Wildman–Crippen LogP) is 3.38. The van der Waals surface area contributed by atoms with E-state index in [9.17, 15) is 40.5 Å². The van der Waals surface area contributed by atoms with Crippen LogP contribution in [-0.4, -0.2) is 110 Å². The Morgan fingerprint density at radius 2 is 1.26 bits per heavy atom. The van der Waals surface area contributed by atoms with Crippen molar-refractivity contribution >= 4 is 5.91 Å². The molecule has 0 aliphatic carbocycles. The maximum absolute atomic E-state index is 12.9. The number of amides is 1. The first kappa shape index (κ1) is 42.9. The van der Waals surface area contributed by atoms with Gasteiger partial charge in [0, 0.05) is 0 Å². The van der Waals surface area contributed by atoms with Gasteiger partial charge in [-0.25, -0.2) is 0 Å². The lowest BCUT2D eigenvalue weighted by molar-refractivity contribution is -0.303. The van der Waals surface area contributed by atoms with Crippen LogP contribution in [0.5, 0.6) is 0 Å². The second kappa shape index (κ2) is 26.8. The molecule has 1 saturated heterocycles. The van der Waals surface area contributed by atoms with Gasteiger partial charge >= 0.3 is 0 Å². The molecule has 272 valence electrons. The first-order valence-corrected chi connectivity index (χ1v) is 18.1. The molecule has 0 aromatic carbocycles. The average Bonchev–Trinajstić information content (AvgIpc) is 3.05. The van der Waals surface area contributed by atoms with E-state index >= 15 is 0 Å². The third-order valence-corrected chi connectivity index (χ3v) is 8.82. The molecule has 0 radical (unpaired) electrons. The van der Waals surface area contributed by atoms with Gasteiger partial charge in [-0.05, 0) is 38.5 Å². The summed E-state index contributed by atoms with van der Waals surface area (Å²) in [5, 5.41) is 74.6. The van der Waals surface area contributed by atoms with Crippen LogP contribution < -0.4 is 5.32 Å². The van der Waals surface area contributed by atoms with Crippen LogP contribution in [0.3, 0.4) is 0 Å². The summed E-state index contributed by atoms with van der Waals surface area (Å²) in [6.45, 7) is 3.27. The molecule has 1 aliphatic heterocycles. The van der Waals surface area contributed by atoms with E-state index in [0.29, 0.717) is 19.3 Å². The van der Waals surface area contributed by atoms with Crippen LogP contribution in [0.25, 0.3) is 0 Å².